The topological polar surface area (TPSA) is 91.3 Å². The monoisotopic (exact) mass is 263 g/mol. The van der Waals surface area contributed by atoms with Crippen LogP contribution in [0.2, 0.25) is 0 Å². The molecule has 3 N–H and O–H groups in total. The molecule has 1 fully saturated rings. The summed E-state index contributed by atoms with van der Waals surface area (Å²) in [5.41, 5.74) is 0.184. The van der Waals surface area contributed by atoms with Gasteiger partial charge in [-0.05, 0) is 38.4 Å². The van der Waals surface area contributed by atoms with Gasteiger partial charge in [0.1, 0.15) is 0 Å². The van der Waals surface area contributed by atoms with Crippen LogP contribution in [0.15, 0.2) is 18.3 Å². The fraction of sp³-hybridized carbons (Fsp3) is 0.462. The van der Waals surface area contributed by atoms with Gasteiger partial charge in [-0.3, -0.25) is 9.78 Å². The van der Waals surface area contributed by atoms with Crippen molar-refractivity contribution in [2.45, 2.75) is 31.8 Å². The summed E-state index contributed by atoms with van der Waals surface area (Å²) >= 11 is 0. The molecule has 1 aliphatic heterocycles. The predicted molar refractivity (Wildman–Crippen MR) is 68.7 cm³/mol. The van der Waals surface area contributed by atoms with E-state index >= 15 is 0 Å². The first-order chi connectivity index (χ1) is 9.01. The number of nitrogens with one attached hydrogen (secondary N) is 2. The van der Waals surface area contributed by atoms with Crippen LogP contribution in [0.3, 0.4) is 0 Å². The quantitative estimate of drug-likeness (QED) is 0.737. The maximum Gasteiger partial charge on any atom is 0.335 e. The summed E-state index contributed by atoms with van der Waals surface area (Å²) in [6, 6.07) is 2.89. The van der Waals surface area contributed by atoms with Crippen molar-refractivity contribution in [3.8, 4) is 0 Å². The second-order valence-corrected chi connectivity index (χ2v) is 4.89. The molecule has 0 spiro atoms. The highest BCUT2D eigenvalue weighted by atomic mass is 16.4. The number of rotatable bonds is 4. The van der Waals surface area contributed by atoms with Gasteiger partial charge in [-0.1, -0.05) is 0 Å². The highest BCUT2D eigenvalue weighted by Crippen LogP contribution is 2.18. The summed E-state index contributed by atoms with van der Waals surface area (Å²) < 4.78 is 0. The van der Waals surface area contributed by atoms with E-state index in [1.165, 1.54) is 18.3 Å². The molecule has 2 rings (SSSR count). The molecule has 0 bridgehead atoms. The Morgan fingerprint density at radius 3 is 3.00 bits per heavy atom. The molecular formula is C13H17N3O3. The summed E-state index contributed by atoms with van der Waals surface area (Å²) in [6.45, 7) is 2.95. The number of pyridine rings is 1. The molecule has 102 valence electrons. The van der Waals surface area contributed by atoms with Crippen molar-refractivity contribution >= 4 is 11.9 Å². The second kappa shape index (κ2) is 5.36. The van der Waals surface area contributed by atoms with Gasteiger partial charge in [0.05, 0.1) is 23.3 Å². The average Bonchev–Trinajstić information content (AvgIpc) is 2.84. The van der Waals surface area contributed by atoms with Gasteiger partial charge < -0.3 is 15.7 Å². The van der Waals surface area contributed by atoms with Crippen molar-refractivity contribution < 1.29 is 14.7 Å². The van der Waals surface area contributed by atoms with E-state index < -0.39 is 11.5 Å². The Labute approximate surface area is 111 Å². The van der Waals surface area contributed by atoms with Crippen LogP contribution >= 0.6 is 0 Å². The lowest BCUT2D eigenvalue weighted by Crippen LogP contribution is -2.50. The summed E-state index contributed by atoms with van der Waals surface area (Å²) in [7, 11) is 0. The first-order valence-corrected chi connectivity index (χ1v) is 6.23. The number of carboxylic acid groups (broad SMARTS) is 1. The van der Waals surface area contributed by atoms with E-state index in [1.54, 1.807) is 0 Å². The number of hydrogen-bond donors (Lipinski definition) is 3. The van der Waals surface area contributed by atoms with Gasteiger partial charge in [0.25, 0.3) is 0 Å². The first-order valence-electron chi connectivity index (χ1n) is 6.23. The Morgan fingerprint density at radius 1 is 1.58 bits per heavy atom. The zero-order valence-electron chi connectivity index (χ0n) is 10.8. The minimum absolute atomic E-state index is 0.0764. The van der Waals surface area contributed by atoms with Gasteiger partial charge in [-0.25, -0.2) is 4.79 Å². The molecule has 0 aromatic carbocycles. The van der Waals surface area contributed by atoms with Crippen LogP contribution in [0.1, 0.15) is 35.8 Å². The molecule has 0 radical (unpaired) electrons. The first kappa shape index (κ1) is 13.5. The van der Waals surface area contributed by atoms with Crippen molar-refractivity contribution in [3.63, 3.8) is 0 Å². The lowest BCUT2D eigenvalue weighted by atomic mass is 9.99. The Morgan fingerprint density at radius 2 is 2.37 bits per heavy atom. The number of aromatic carboxylic acids is 1. The molecule has 1 atom stereocenters. The van der Waals surface area contributed by atoms with E-state index in [-0.39, 0.29) is 18.0 Å². The SMILES string of the molecule is CC1(C(=O)NCc2cc(C(=O)O)ccn2)CCCN1. The largest absolute Gasteiger partial charge is 0.478 e. The van der Waals surface area contributed by atoms with Crippen molar-refractivity contribution in [1.29, 1.82) is 0 Å². The van der Waals surface area contributed by atoms with Crippen LogP contribution in [0.5, 0.6) is 0 Å². The van der Waals surface area contributed by atoms with Crippen LogP contribution in [0.25, 0.3) is 0 Å². The number of carbonyl (C=O) groups excluding carboxylic acids is 1. The Hall–Kier alpha value is -1.95. The molecule has 1 saturated heterocycles. The molecule has 0 aliphatic carbocycles. The Kier molecular flexibility index (Phi) is 3.80. The lowest BCUT2D eigenvalue weighted by Gasteiger charge is -2.22. The third-order valence-corrected chi connectivity index (χ3v) is 3.36. The Bertz CT molecular complexity index is 496. The number of carbonyl (C=O) groups is 2. The lowest BCUT2D eigenvalue weighted by molar-refractivity contribution is -0.126. The van der Waals surface area contributed by atoms with E-state index in [1.807, 2.05) is 6.92 Å². The fourth-order valence-corrected chi connectivity index (χ4v) is 2.16. The molecule has 6 heteroatoms. The van der Waals surface area contributed by atoms with Crippen molar-refractivity contribution in [1.82, 2.24) is 15.6 Å². The smallest absolute Gasteiger partial charge is 0.335 e. The zero-order valence-corrected chi connectivity index (χ0v) is 10.8. The standard InChI is InChI=1S/C13H17N3O3/c1-13(4-2-5-16-13)12(19)15-8-10-7-9(11(17)18)3-6-14-10/h3,6-7,16H,2,4-5,8H2,1H3,(H,15,19)(H,17,18). The molecule has 6 nitrogen and oxygen atoms in total. The highest BCUT2D eigenvalue weighted by Gasteiger charge is 2.35. The van der Waals surface area contributed by atoms with Crippen molar-refractivity contribution in [2.75, 3.05) is 6.54 Å². The van der Waals surface area contributed by atoms with E-state index in [0.717, 1.165) is 19.4 Å². The molecule has 1 aromatic rings. The number of carboxylic acids is 1. The molecule has 1 aromatic heterocycles. The summed E-state index contributed by atoms with van der Waals surface area (Å²) in [6.07, 6.45) is 3.22. The molecule has 2 heterocycles. The molecular weight excluding hydrogens is 246 g/mol. The van der Waals surface area contributed by atoms with Gasteiger partial charge in [-0.2, -0.15) is 0 Å². The third-order valence-electron chi connectivity index (χ3n) is 3.36. The van der Waals surface area contributed by atoms with Crippen molar-refractivity contribution in [3.05, 3.63) is 29.6 Å². The normalized spacial score (nSPS) is 22.2. The number of nitrogens with zero attached hydrogens (tertiary/aromatic N) is 1. The minimum atomic E-state index is -1.00. The fourth-order valence-electron chi connectivity index (χ4n) is 2.16. The summed E-state index contributed by atoms with van der Waals surface area (Å²) in [5, 5.41) is 14.8. The number of aromatic nitrogens is 1. The van der Waals surface area contributed by atoms with Gasteiger partial charge in [0.2, 0.25) is 5.91 Å². The van der Waals surface area contributed by atoms with Gasteiger partial charge in [0.15, 0.2) is 0 Å². The molecule has 1 unspecified atom stereocenters. The summed E-state index contributed by atoms with van der Waals surface area (Å²) in [4.78, 5) is 26.9. The van der Waals surface area contributed by atoms with Gasteiger partial charge in [-0.15, -0.1) is 0 Å². The van der Waals surface area contributed by atoms with E-state index in [4.69, 9.17) is 5.11 Å². The molecule has 19 heavy (non-hydrogen) atoms. The van der Waals surface area contributed by atoms with Crippen LogP contribution in [-0.2, 0) is 11.3 Å². The van der Waals surface area contributed by atoms with E-state index in [9.17, 15) is 9.59 Å². The van der Waals surface area contributed by atoms with E-state index in [0.29, 0.717) is 5.69 Å². The van der Waals surface area contributed by atoms with E-state index in [2.05, 4.69) is 15.6 Å². The summed E-state index contributed by atoms with van der Waals surface area (Å²) in [5.74, 6) is -1.08. The predicted octanol–water partition coefficient (Wildman–Crippen LogP) is 0.538. The van der Waals surface area contributed by atoms with Crippen LogP contribution in [0, 0.1) is 0 Å². The van der Waals surface area contributed by atoms with Gasteiger partial charge >= 0.3 is 5.97 Å². The number of hydrogen-bond acceptors (Lipinski definition) is 4. The van der Waals surface area contributed by atoms with Crippen LogP contribution in [-0.4, -0.2) is 34.1 Å². The van der Waals surface area contributed by atoms with Crippen LogP contribution in [0.4, 0.5) is 0 Å². The highest BCUT2D eigenvalue weighted by molar-refractivity contribution is 5.88. The molecule has 1 aliphatic rings. The maximum absolute atomic E-state index is 12.0. The Balaban J connectivity index is 1.97. The third kappa shape index (κ3) is 3.08. The molecule has 1 amide bonds. The average molecular weight is 263 g/mol. The maximum atomic E-state index is 12.0. The second-order valence-electron chi connectivity index (χ2n) is 4.89. The molecule has 0 saturated carbocycles. The van der Waals surface area contributed by atoms with Crippen LogP contribution < -0.4 is 10.6 Å². The van der Waals surface area contributed by atoms with Gasteiger partial charge in [0, 0.05) is 6.20 Å². The zero-order chi connectivity index (χ0) is 13.9. The van der Waals surface area contributed by atoms with Crippen molar-refractivity contribution in [2.24, 2.45) is 0 Å². The minimum Gasteiger partial charge on any atom is -0.478 e. The number of amides is 1.